The fourth-order valence-electron chi connectivity index (χ4n) is 2.36. The largest absolute Gasteiger partial charge is 0.280 e. The van der Waals surface area contributed by atoms with Gasteiger partial charge in [0.15, 0.2) is 0 Å². The Kier molecular flexibility index (Phi) is 4.31. The molecule has 0 unspecified atom stereocenters. The lowest BCUT2D eigenvalue weighted by Crippen LogP contribution is -2.13. The van der Waals surface area contributed by atoms with E-state index in [2.05, 4.69) is 14.7 Å². The van der Waals surface area contributed by atoms with Crippen LogP contribution >= 0.6 is 0 Å². The summed E-state index contributed by atoms with van der Waals surface area (Å²) in [6, 6.07) is 15.7. The molecule has 24 heavy (non-hydrogen) atoms. The number of sulfonamides is 1. The molecule has 3 rings (SSSR count). The molecule has 0 spiro atoms. The topological polar surface area (TPSA) is 72.0 Å². The number of nitrogens with one attached hydrogen (secondary N) is 1. The zero-order valence-electron chi connectivity index (χ0n) is 13.4. The van der Waals surface area contributed by atoms with Gasteiger partial charge in [-0.25, -0.2) is 18.4 Å². The third kappa shape index (κ3) is 3.60. The van der Waals surface area contributed by atoms with Gasteiger partial charge in [-0.1, -0.05) is 24.3 Å². The van der Waals surface area contributed by atoms with E-state index in [4.69, 9.17) is 0 Å². The molecule has 0 aliphatic carbocycles. The zero-order chi connectivity index (χ0) is 17.2. The second kappa shape index (κ2) is 6.41. The number of hydrogen-bond acceptors (Lipinski definition) is 4. The Hall–Kier alpha value is -2.73. The second-order valence-electron chi connectivity index (χ2n) is 5.49. The number of benzene rings is 2. The lowest BCUT2D eigenvalue weighted by atomic mass is 10.1. The highest BCUT2D eigenvalue weighted by Gasteiger charge is 2.14. The maximum Gasteiger partial charge on any atom is 0.261 e. The minimum Gasteiger partial charge on any atom is -0.280 e. The van der Waals surface area contributed by atoms with Crippen LogP contribution in [0.4, 0.5) is 5.69 Å². The highest BCUT2D eigenvalue weighted by molar-refractivity contribution is 7.92. The van der Waals surface area contributed by atoms with Crippen molar-refractivity contribution in [3.63, 3.8) is 0 Å². The summed E-state index contributed by atoms with van der Waals surface area (Å²) in [5.41, 5.74) is 2.96. The van der Waals surface area contributed by atoms with Crippen molar-refractivity contribution in [2.24, 2.45) is 0 Å². The molecule has 0 atom stereocenters. The van der Waals surface area contributed by atoms with Gasteiger partial charge in [0.25, 0.3) is 10.0 Å². The van der Waals surface area contributed by atoms with Gasteiger partial charge >= 0.3 is 0 Å². The van der Waals surface area contributed by atoms with Gasteiger partial charge in [-0.3, -0.25) is 4.72 Å². The van der Waals surface area contributed by atoms with E-state index in [0.29, 0.717) is 11.5 Å². The minimum atomic E-state index is -3.63. The van der Waals surface area contributed by atoms with Crippen molar-refractivity contribution in [2.45, 2.75) is 18.7 Å². The maximum absolute atomic E-state index is 12.5. The number of nitrogens with zero attached hydrogens (tertiary/aromatic N) is 2. The van der Waals surface area contributed by atoms with Crippen molar-refractivity contribution in [1.29, 1.82) is 0 Å². The highest BCUT2D eigenvalue weighted by Crippen LogP contribution is 2.23. The predicted molar refractivity (Wildman–Crippen MR) is 94.2 cm³/mol. The average molecular weight is 339 g/mol. The molecule has 0 aliphatic rings. The smallest absolute Gasteiger partial charge is 0.261 e. The van der Waals surface area contributed by atoms with E-state index in [9.17, 15) is 8.42 Å². The van der Waals surface area contributed by atoms with E-state index in [0.717, 1.165) is 16.8 Å². The zero-order valence-corrected chi connectivity index (χ0v) is 14.2. The van der Waals surface area contributed by atoms with Crippen molar-refractivity contribution in [2.75, 3.05) is 4.72 Å². The maximum atomic E-state index is 12.5. The number of aryl methyl sites for hydroxylation is 2. The Morgan fingerprint density at radius 2 is 1.75 bits per heavy atom. The average Bonchev–Trinajstić information content (AvgIpc) is 2.55. The summed E-state index contributed by atoms with van der Waals surface area (Å²) < 4.78 is 27.7. The molecular weight excluding hydrogens is 322 g/mol. The second-order valence-corrected chi connectivity index (χ2v) is 7.17. The Morgan fingerprint density at radius 1 is 0.958 bits per heavy atom. The van der Waals surface area contributed by atoms with Gasteiger partial charge in [0.1, 0.15) is 5.82 Å². The van der Waals surface area contributed by atoms with Gasteiger partial charge in [0.05, 0.1) is 10.6 Å². The van der Waals surface area contributed by atoms with E-state index >= 15 is 0 Å². The van der Waals surface area contributed by atoms with Crippen molar-refractivity contribution >= 4 is 15.7 Å². The molecule has 3 aromatic rings. The standard InChI is InChI=1S/C18H17N3O2S/c1-13-5-3-8-17(11-13)24(22,23)21-16-7-4-6-15(12-16)18-9-10-19-14(2)20-18/h3-12,21H,1-2H3. The molecule has 0 saturated heterocycles. The molecule has 5 nitrogen and oxygen atoms in total. The SMILES string of the molecule is Cc1cccc(S(=O)(=O)Nc2cccc(-c3ccnc(C)n3)c2)c1. The summed E-state index contributed by atoms with van der Waals surface area (Å²) in [5, 5.41) is 0. The normalized spacial score (nSPS) is 11.2. The molecular formula is C18H17N3O2S. The fraction of sp³-hybridized carbons (Fsp3) is 0.111. The molecule has 0 bridgehead atoms. The van der Waals surface area contributed by atoms with Crippen LogP contribution in [0, 0.1) is 13.8 Å². The number of hydrogen-bond donors (Lipinski definition) is 1. The van der Waals surface area contributed by atoms with Crippen LogP contribution in [0.15, 0.2) is 65.7 Å². The molecule has 0 amide bonds. The first-order chi connectivity index (χ1) is 11.4. The minimum absolute atomic E-state index is 0.241. The molecule has 0 aliphatic heterocycles. The summed E-state index contributed by atoms with van der Waals surface area (Å²) >= 11 is 0. The van der Waals surface area contributed by atoms with Gasteiger partial charge in [0.2, 0.25) is 0 Å². The van der Waals surface area contributed by atoms with Crippen LogP contribution in [0.25, 0.3) is 11.3 Å². The van der Waals surface area contributed by atoms with E-state index in [-0.39, 0.29) is 4.90 Å². The highest BCUT2D eigenvalue weighted by atomic mass is 32.2. The summed E-state index contributed by atoms with van der Waals surface area (Å²) in [5.74, 6) is 0.665. The Morgan fingerprint density at radius 3 is 2.50 bits per heavy atom. The van der Waals surface area contributed by atoms with Crippen LogP contribution in [0.2, 0.25) is 0 Å². The van der Waals surface area contributed by atoms with Crippen LogP contribution in [0.5, 0.6) is 0 Å². The van der Waals surface area contributed by atoms with Crippen LogP contribution in [-0.2, 0) is 10.0 Å². The van der Waals surface area contributed by atoms with Crippen molar-refractivity contribution in [1.82, 2.24) is 9.97 Å². The first kappa shape index (κ1) is 16.1. The van der Waals surface area contributed by atoms with Crippen LogP contribution in [0.3, 0.4) is 0 Å². The number of aromatic nitrogens is 2. The Balaban J connectivity index is 1.92. The molecule has 0 fully saturated rings. The van der Waals surface area contributed by atoms with Gasteiger partial charge < -0.3 is 0 Å². The quantitative estimate of drug-likeness (QED) is 0.789. The summed E-state index contributed by atoms with van der Waals surface area (Å²) in [4.78, 5) is 8.68. The summed E-state index contributed by atoms with van der Waals surface area (Å²) in [7, 11) is -3.63. The number of anilines is 1. The molecule has 2 aromatic carbocycles. The van der Waals surface area contributed by atoms with Crippen molar-refractivity contribution in [3.8, 4) is 11.3 Å². The lowest BCUT2D eigenvalue weighted by Gasteiger charge is -2.10. The third-order valence-electron chi connectivity index (χ3n) is 3.49. The molecule has 0 saturated carbocycles. The first-order valence-corrected chi connectivity index (χ1v) is 8.92. The van der Waals surface area contributed by atoms with Crippen LogP contribution < -0.4 is 4.72 Å². The number of rotatable bonds is 4. The fourth-order valence-corrected chi connectivity index (χ4v) is 3.51. The monoisotopic (exact) mass is 339 g/mol. The Bertz CT molecular complexity index is 985. The lowest BCUT2D eigenvalue weighted by molar-refractivity contribution is 0.601. The molecule has 6 heteroatoms. The van der Waals surface area contributed by atoms with Gasteiger partial charge in [0, 0.05) is 17.4 Å². The molecule has 1 aromatic heterocycles. The van der Waals surface area contributed by atoms with E-state index in [1.54, 1.807) is 48.7 Å². The van der Waals surface area contributed by atoms with Crippen LogP contribution in [-0.4, -0.2) is 18.4 Å². The van der Waals surface area contributed by atoms with Gasteiger partial charge in [-0.2, -0.15) is 0 Å². The van der Waals surface area contributed by atoms with Crippen molar-refractivity contribution < 1.29 is 8.42 Å². The van der Waals surface area contributed by atoms with E-state index in [1.807, 2.05) is 26.0 Å². The third-order valence-corrected chi connectivity index (χ3v) is 4.87. The van der Waals surface area contributed by atoms with Crippen molar-refractivity contribution in [3.05, 3.63) is 72.2 Å². The molecule has 1 N–H and O–H groups in total. The summed E-state index contributed by atoms with van der Waals surface area (Å²) in [6.45, 7) is 3.67. The van der Waals surface area contributed by atoms with Gasteiger partial charge in [-0.05, 0) is 49.7 Å². The molecule has 0 radical (unpaired) electrons. The molecule has 122 valence electrons. The van der Waals surface area contributed by atoms with E-state index in [1.165, 1.54) is 0 Å². The molecule has 1 heterocycles. The van der Waals surface area contributed by atoms with Crippen LogP contribution in [0.1, 0.15) is 11.4 Å². The first-order valence-electron chi connectivity index (χ1n) is 7.44. The summed E-state index contributed by atoms with van der Waals surface area (Å²) in [6.07, 6.45) is 1.68. The van der Waals surface area contributed by atoms with E-state index < -0.39 is 10.0 Å². The van der Waals surface area contributed by atoms with Gasteiger partial charge in [-0.15, -0.1) is 0 Å². The predicted octanol–water partition coefficient (Wildman–Crippen LogP) is 3.56. The Labute approximate surface area is 141 Å².